The third-order valence-electron chi connectivity index (χ3n) is 3.42. The summed E-state index contributed by atoms with van der Waals surface area (Å²) in [6.45, 7) is 7.95. The van der Waals surface area contributed by atoms with Crippen LogP contribution in [0.15, 0.2) is 12.1 Å². The van der Waals surface area contributed by atoms with Crippen LogP contribution < -0.4 is 9.64 Å². The molecule has 1 aromatic heterocycles. The highest BCUT2D eigenvalue weighted by atomic mass is 16.6. The van der Waals surface area contributed by atoms with Crippen LogP contribution in [-0.2, 0) is 14.3 Å². The summed E-state index contributed by atoms with van der Waals surface area (Å²) in [5, 5.41) is 11.0. The smallest absolute Gasteiger partial charge is 0.366 e. The first-order valence-corrected chi connectivity index (χ1v) is 7.43. The fraction of sp³-hybridized carbons (Fsp3) is 0.533. The van der Waals surface area contributed by atoms with Gasteiger partial charge in [-0.15, -0.1) is 0 Å². The molecule has 0 radical (unpaired) electrons. The average molecular weight is 337 g/mol. The van der Waals surface area contributed by atoms with Crippen LogP contribution >= 0.6 is 0 Å². The number of nitro groups is 1. The molecule has 0 spiro atoms. The van der Waals surface area contributed by atoms with Gasteiger partial charge in [0.1, 0.15) is 6.04 Å². The minimum Gasteiger partial charge on any atom is -0.472 e. The maximum atomic E-state index is 12.7. The SMILES string of the molecule is CC(C)OC(=O)C(C)N1C(=O)C(C)(C)Oc2ccc([N+](=O)[O-])nc21. The molecule has 0 saturated carbocycles. The number of amides is 1. The minimum atomic E-state index is -1.24. The molecule has 1 aliphatic rings. The van der Waals surface area contributed by atoms with Gasteiger partial charge in [-0.3, -0.25) is 9.69 Å². The zero-order valence-corrected chi connectivity index (χ0v) is 14.1. The second kappa shape index (κ2) is 6.06. The Bertz CT molecular complexity index is 700. The van der Waals surface area contributed by atoms with Crippen molar-refractivity contribution in [3.63, 3.8) is 0 Å². The molecular formula is C15H19N3O6. The predicted molar refractivity (Wildman–Crippen MR) is 83.8 cm³/mol. The second-order valence-corrected chi connectivity index (χ2v) is 6.20. The lowest BCUT2D eigenvalue weighted by atomic mass is 10.0. The Morgan fingerprint density at radius 1 is 1.38 bits per heavy atom. The quantitative estimate of drug-likeness (QED) is 0.468. The number of fused-ring (bicyclic) bond motifs is 1. The highest BCUT2D eigenvalue weighted by Gasteiger charge is 2.48. The van der Waals surface area contributed by atoms with Crippen LogP contribution in [0.4, 0.5) is 11.6 Å². The van der Waals surface area contributed by atoms with E-state index in [-0.39, 0.29) is 17.7 Å². The van der Waals surface area contributed by atoms with E-state index in [4.69, 9.17) is 9.47 Å². The van der Waals surface area contributed by atoms with Crippen LogP contribution in [0.1, 0.15) is 34.6 Å². The van der Waals surface area contributed by atoms with Gasteiger partial charge in [0.2, 0.25) is 0 Å². The lowest BCUT2D eigenvalue weighted by Gasteiger charge is -2.37. The van der Waals surface area contributed by atoms with Gasteiger partial charge in [0.05, 0.1) is 6.10 Å². The van der Waals surface area contributed by atoms with Crippen molar-refractivity contribution in [3.05, 3.63) is 22.2 Å². The minimum absolute atomic E-state index is 0.0678. The van der Waals surface area contributed by atoms with Crippen LogP contribution in [0.25, 0.3) is 0 Å². The van der Waals surface area contributed by atoms with Crippen molar-refractivity contribution in [2.45, 2.75) is 52.4 Å². The molecule has 130 valence electrons. The van der Waals surface area contributed by atoms with E-state index in [0.717, 1.165) is 4.90 Å². The van der Waals surface area contributed by atoms with Gasteiger partial charge in [0.25, 0.3) is 11.7 Å². The molecule has 1 atom stereocenters. The third-order valence-corrected chi connectivity index (χ3v) is 3.42. The fourth-order valence-electron chi connectivity index (χ4n) is 2.28. The monoisotopic (exact) mass is 337 g/mol. The third kappa shape index (κ3) is 3.15. The molecule has 0 fully saturated rings. The molecule has 0 N–H and O–H groups in total. The summed E-state index contributed by atoms with van der Waals surface area (Å²) in [5.74, 6) is -1.48. The maximum absolute atomic E-state index is 12.7. The Morgan fingerprint density at radius 2 is 2.00 bits per heavy atom. The van der Waals surface area contributed by atoms with E-state index in [1.165, 1.54) is 19.1 Å². The number of hydrogen-bond donors (Lipinski definition) is 0. The highest BCUT2D eigenvalue weighted by molar-refractivity contribution is 6.05. The number of anilines is 1. The van der Waals surface area contributed by atoms with Gasteiger partial charge >= 0.3 is 11.8 Å². The molecule has 9 heteroatoms. The lowest BCUT2D eigenvalue weighted by Crippen LogP contribution is -2.57. The fourth-order valence-corrected chi connectivity index (χ4v) is 2.28. The number of esters is 1. The molecule has 2 rings (SSSR count). The van der Waals surface area contributed by atoms with Gasteiger partial charge in [-0.2, -0.15) is 0 Å². The molecule has 0 aliphatic carbocycles. The van der Waals surface area contributed by atoms with Gasteiger partial charge in [-0.25, -0.2) is 4.79 Å². The van der Waals surface area contributed by atoms with Crippen LogP contribution in [0.2, 0.25) is 0 Å². The van der Waals surface area contributed by atoms with Gasteiger partial charge in [0.15, 0.2) is 11.4 Å². The number of ether oxygens (including phenoxy) is 2. The topological polar surface area (TPSA) is 112 Å². The van der Waals surface area contributed by atoms with Crippen molar-refractivity contribution in [3.8, 4) is 5.75 Å². The van der Waals surface area contributed by atoms with Gasteiger partial charge in [-0.1, -0.05) is 0 Å². The first-order valence-electron chi connectivity index (χ1n) is 7.43. The summed E-state index contributed by atoms with van der Waals surface area (Å²) < 4.78 is 10.7. The Hall–Kier alpha value is -2.71. The van der Waals surface area contributed by atoms with Crippen LogP contribution in [-0.4, -0.2) is 39.5 Å². The Balaban J connectivity index is 2.52. The van der Waals surface area contributed by atoms with Crippen molar-refractivity contribution < 1.29 is 24.0 Å². The van der Waals surface area contributed by atoms with E-state index in [2.05, 4.69) is 4.98 Å². The Labute approximate surface area is 138 Å². The number of carbonyl (C=O) groups excluding carboxylic acids is 2. The van der Waals surface area contributed by atoms with Crippen LogP contribution in [0.3, 0.4) is 0 Å². The van der Waals surface area contributed by atoms with E-state index in [9.17, 15) is 19.7 Å². The summed E-state index contributed by atoms with van der Waals surface area (Å²) in [7, 11) is 0. The zero-order chi connectivity index (χ0) is 18.2. The number of nitrogens with zero attached hydrogens (tertiary/aromatic N) is 3. The van der Waals surface area contributed by atoms with E-state index >= 15 is 0 Å². The predicted octanol–water partition coefficient (Wildman–Crippen LogP) is 1.83. The molecule has 2 heterocycles. The van der Waals surface area contributed by atoms with Crippen molar-refractivity contribution in [2.24, 2.45) is 0 Å². The molecule has 9 nitrogen and oxygen atoms in total. The normalized spacial score (nSPS) is 17.1. The van der Waals surface area contributed by atoms with Gasteiger partial charge in [0, 0.05) is 6.07 Å². The van der Waals surface area contributed by atoms with Crippen LogP contribution in [0.5, 0.6) is 5.75 Å². The van der Waals surface area contributed by atoms with E-state index in [1.54, 1.807) is 27.7 Å². The molecule has 1 amide bonds. The first kappa shape index (κ1) is 17.6. The molecular weight excluding hydrogens is 318 g/mol. The van der Waals surface area contributed by atoms with E-state index < -0.39 is 34.3 Å². The van der Waals surface area contributed by atoms with E-state index in [1.807, 2.05) is 0 Å². The van der Waals surface area contributed by atoms with Gasteiger partial charge in [-0.05, 0) is 50.6 Å². The number of pyridine rings is 1. The molecule has 1 aliphatic heterocycles. The summed E-state index contributed by atoms with van der Waals surface area (Å²) in [5.41, 5.74) is -1.24. The molecule has 1 unspecified atom stereocenters. The Morgan fingerprint density at radius 3 is 2.54 bits per heavy atom. The maximum Gasteiger partial charge on any atom is 0.366 e. The highest BCUT2D eigenvalue weighted by Crippen LogP contribution is 2.38. The summed E-state index contributed by atoms with van der Waals surface area (Å²) in [6.07, 6.45) is -0.360. The molecule has 1 aromatic rings. The van der Waals surface area contributed by atoms with Crippen LogP contribution in [0, 0.1) is 10.1 Å². The first-order chi connectivity index (χ1) is 11.0. The Kier molecular flexibility index (Phi) is 4.46. The molecule has 0 aromatic carbocycles. The van der Waals surface area contributed by atoms with E-state index in [0.29, 0.717) is 0 Å². The largest absolute Gasteiger partial charge is 0.472 e. The standard InChI is InChI=1S/C15H19N3O6/c1-8(2)23-13(19)9(3)17-12-10(24-15(4,5)14(17)20)6-7-11(16-12)18(21)22/h6-9H,1-5H3. The average Bonchev–Trinajstić information content (AvgIpc) is 2.46. The zero-order valence-electron chi connectivity index (χ0n) is 14.1. The van der Waals surface area contributed by atoms with Crippen molar-refractivity contribution >= 4 is 23.5 Å². The molecule has 0 saturated heterocycles. The van der Waals surface area contributed by atoms with Gasteiger partial charge < -0.3 is 19.6 Å². The number of aromatic nitrogens is 1. The number of rotatable bonds is 4. The van der Waals surface area contributed by atoms with Crippen molar-refractivity contribution in [1.82, 2.24) is 4.98 Å². The summed E-state index contributed by atoms with van der Waals surface area (Å²) >= 11 is 0. The van der Waals surface area contributed by atoms with Crippen molar-refractivity contribution in [1.29, 1.82) is 0 Å². The summed E-state index contributed by atoms with van der Waals surface area (Å²) in [6, 6.07) is 1.54. The number of hydrogen-bond acceptors (Lipinski definition) is 7. The lowest BCUT2D eigenvalue weighted by molar-refractivity contribution is -0.389. The second-order valence-electron chi connectivity index (χ2n) is 6.20. The number of carbonyl (C=O) groups is 2. The van der Waals surface area contributed by atoms with Crippen molar-refractivity contribution in [2.75, 3.05) is 4.90 Å². The summed E-state index contributed by atoms with van der Waals surface area (Å²) in [4.78, 5) is 40.2. The molecule has 24 heavy (non-hydrogen) atoms. The molecule has 0 bridgehead atoms.